The zero-order valence-electron chi connectivity index (χ0n) is 15.4. The molecule has 1 aliphatic carbocycles. The number of tetrazole rings is 1. The molecule has 0 spiro atoms. The Hall–Kier alpha value is -1.93. The molecule has 1 aromatic carbocycles. The Labute approximate surface area is 167 Å². The largest absolute Gasteiger partial charge is 0.486 e. The van der Waals surface area contributed by atoms with Gasteiger partial charge in [0.1, 0.15) is 17.4 Å². The van der Waals surface area contributed by atoms with E-state index in [1.165, 1.54) is 37.7 Å². The summed E-state index contributed by atoms with van der Waals surface area (Å²) in [6.07, 6.45) is 6.22. The first-order valence-electron chi connectivity index (χ1n) is 9.31. The van der Waals surface area contributed by atoms with E-state index in [4.69, 9.17) is 4.74 Å². The molecule has 1 aliphatic rings. The van der Waals surface area contributed by atoms with E-state index in [9.17, 15) is 0 Å². The zero-order chi connectivity index (χ0) is 18.5. The first-order chi connectivity index (χ1) is 13.3. The summed E-state index contributed by atoms with van der Waals surface area (Å²) < 4.78 is 7.83. The van der Waals surface area contributed by atoms with Gasteiger partial charge < -0.3 is 4.74 Å². The highest BCUT2D eigenvalue weighted by atomic mass is 32.2. The molecule has 4 rings (SSSR count). The molecular formula is C19H23N5OS2. The van der Waals surface area contributed by atoms with E-state index in [0.29, 0.717) is 12.6 Å². The number of aryl methyl sites for hydroxylation is 1. The van der Waals surface area contributed by atoms with Crippen molar-refractivity contribution in [3.63, 3.8) is 0 Å². The lowest BCUT2D eigenvalue weighted by Crippen LogP contribution is -2.15. The Morgan fingerprint density at radius 3 is 2.81 bits per heavy atom. The Bertz CT molecular complexity index is 855. The fourth-order valence-electron chi connectivity index (χ4n) is 3.23. The van der Waals surface area contributed by atoms with Gasteiger partial charge in [-0.05, 0) is 42.3 Å². The van der Waals surface area contributed by atoms with Gasteiger partial charge in [0.15, 0.2) is 0 Å². The minimum Gasteiger partial charge on any atom is -0.486 e. The van der Waals surface area contributed by atoms with Gasteiger partial charge in [-0.3, -0.25) is 0 Å². The second kappa shape index (κ2) is 8.84. The smallest absolute Gasteiger partial charge is 0.209 e. The summed E-state index contributed by atoms with van der Waals surface area (Å²) in [6.45, 7) is 2.57. The maximum Gasteiger partial charge on any atom is 0.209 e. The molecule has 8 heteroatoms. The summed E-state index contributed by atoms with van der Waals surface area (Å²) in [6, 6.07) is 8.53. The maximum absolute atomic E-state index is 5.81. The molecule has 1 fully saturated rings. The Kier molecular flexibility index (Phi) is 6.03. The number of thiazole rings is 1. The minimum absolute atomic E-state index is 0.449. The SMILES string of the molecule is Cc1ccc(OCc2nc(CSc3nnnn3C3CCCCC3)cs2)cc1. The minimum atomic E-state index is 0.449. The molecular weight excluding hydrogens is 378 g/mol. The Morgan fingerprint density at radius 2 is 2.00 bits per heavy atom. The summed E-state index contributed by atoms with van der Waals surface area (Å²) in [5, 5.41) is 16.3. The van der Waals surface area contributed by atoms with Crippen LogP contribution in [0.1, 0.15) is 54.4 Å². The molecule has 0 atom stereocenters. The second-order valence-corrected chi connectivity index (χ2v) is 8.71. The van der Waals surface area contributed by atoms with Gasteiger partial charge in [0.25, 0.3) is 0 Å². The molecule has 0 saturated heterocycles. The third-order valence-electron chi connectivity index (χ3n) is 4.71. The molecule has 142 valence electrons. The lowest BCUT2D eigenvalue weighted by molar-refractivity contribution is 0.305. The third-order valence-corrected chi connectivity index (χ3v) is 6.55. The molecule has 0 amide bonds. The zero-order valence-corrected chi connectivity index (χ0v) is 17.0. The van der Waals surface area contributed by atoms with Crippen molar-refractivity contribution in [1.29, 1.82) is 0 Å². The molecule has 0 bridgehead atoms. The van der Waals surface area contributed by atoms with Crippen LogP contribution in [-0.2, 0) is 12.4 Å². The number of ether oxygens (including phenoxy) is 1. The number of hydrogen-bond donors (Lipinski definition) is 0. The van der Waals surface area contributed by atoms with Crippen LogP contribution in [0.25, 0.3) is 0 Å². The lowest BCUT2D eigenvalue weighted by atomic mass is 9.96. The van der Waals surface area contributed by atoms with Crippen molar-refractivity contribution >= 4 is 23.1 Å². The Balaban J connectivity index is 1.31. The molecule has 2 heterocycles. The van der Waals surface area contributed by atoms with Crippen LogP contribution in [0.15, 0.2) is 34.8 Å². The van der Waals surface area contributed by atoms with E-state index in [0.717, 1.165) is 27.4 Å². The van der Waals surface area contributed by atoms with Crippen molar-refractivity contribution in [2.75, 3.05) is 0 Å². The first-order valence-corrected chi connectivity index (χ1v) is 11.2. The van der Waals surface area contributed by atoms with E-state index in [1.807, 2.05) is 16.8 Å². The van der Waals surface area contributed by atoms with Gasteiger partial charge in [-0.1, -0.05) is 48.7 Å². The number of thioether (sulfide) groups is 1. The van der Waals surface area contributed by atoms with Crippen molar-refractivity contribution in [2.24, 2.45) is 0 Å². The second-order valence-electron chi connectivity index (χ2n) is 6.82. The highest BCUT2D eigenvalue weighted by Gasteiger charge is 2.20. The van der Waals surface area contributed by atoms with Gasteiger partial charge >= 0.3 is 0 Å². The summed E-state index contributed by atoms with van der Waals surface area (Å²) in [5.74, 6) is 1.65. The van der Waals surface area contributed by atoms with E-state index in [2.05, 4.69) is 44.9 Å². The molecule has 0 unspecified atom stereocenters. The average Bonchev–Trinajstić information content (AvgIpc) is 3.36. The van der Waals surface area contributed by atoms with E-state index in [-0.39, 0.29) is 0 Å². The van der Waals surface area contributed by atoms with E-state index < -0.39 is 0 Å². The third kappa shape index (κ3) is 4.87. The average molecular weight is 402 g/mol. The molecule has 27 heavy (non-hydrogen) atoms. The summed E-state index contributed by atoms with van der Waals surface area (Å²) in [5.41, 5.74) is 2.28. The molecule has 3 aromatic rings. The van der Waals surface area contributed by atoms with E-state index in [1.54, 1.807) is 23.1 Å². The Morgan fingerprint density at radius 1 is 1.19 bits per heavy atom. The van der Waals surface area contributed by atoms with Gasteiger partial charge in [-0.2, -0.15) is 0 Å². The summed E-state index contributed by atoms with van der Waals surface area (Å²) >= 11 is 3.29. The first kappa shape index (κ1) is 18.4. The van der Waals surface area contributed by atoms with Crippen LogP contribution in [0, 0.1) is 6.92 Å². The summed E-state index contributed by atoms with van der Waals surface area (Å²) in [4.78, 5) is 4.68. The highest BCUT2D eigenvalue weighted by molar-refractivity contribution is 7.98. The van der Waals surface area contributed by atoms with Gasteiger partial charge in [-0.25, -0.2) is 9.67 Å². The van der Waals surface area contributed by atoms with Gasteiger partial charge in [0.05, 0.1) is 11.7 Å². The molecule has 1 saturated carbocycles. The molecule has 0 radical (unpaired) electrons. The monoisotopic (exact) mass is 401 g/mol. The standard InChI is InChI=1S/C19H23N5OS2/c1-14-7-9-17(10-8-14)25-11-18-20-15(12-26-18)13-27-19-21-22-23-24(19)16-5-3-2-4-6-16/h7-10,12,16H,2-6,11,13H2,1H3. The lowest BCUT2D eigenvalue weighted by Gasteiger charge is -2.21. The molecule has 0 aliphatic heterocycles. The van der Waals surface area contributed by atoms with Crippen LogP contribution in [0.4, 0.5) is 0 Å². The van der Waals surface area contributed by atoms with Gasteiger partial charge in [-0.15, -0.1) is 16.4 Å². The van der Waals surface area contributed by atoms with Crippen molar-refractivity contribution in [3.8, 4) is 5.75 Å². The number of rotatable bonds is 7. The summed E-state index contributed by atoms with van der Waals surface area (Å²) in [7, 11) is 0. The van der Waals surface area contributed by atoms with Crippen LogP contribution < -0.4 is 4.74 Å². The van der Waals surface area contributed by atoms with Crippen molar-refractivity contribution in [2.45, 2.75) is 62.6 Å². The van der Waals surface area contributed by atoms with Crippen LogP contribution in [-0.4, -0.2) is 25.2 Å². The van der Waals surface area contributed by atoms with Crippen molar-refractivity contribution in [1.82, 2.24) is 25.2 Å². The van der Waals surface area contributed by atoms with E-state index >= 15 is 0 Å². The highest BCUT2D eigenvalue weighted by Crippen LogP contribution is 2.31. The molecule has 0 N–H and O–H groups in total. The number of aromatic nitrogens is 5. The molecule has 6 nitrogen and oxygen atoms in total. The van der Waals surface area contributed by atoms with Crippen LogP contribution in [0.5, 0.6) is 5.75 Å². The fourth-order valence-corrected chi connectivity index (χ4v) is 4.88. The predicted molar refractivity (Wildman–Crippen MR) is 107 cm³/mol. The van der Waals surface area contributed by atoms with Crippen molar-refractivity contribution in [3.05, 3.63) is 45.9 Å². The fraction of sp³-hybridized carbons (Fsp3) is 0.474. The van der Waals surface area contributed by atoms with Gasteiger partial charge in [0.2, 0.25) is 5.16 Å². The van der Waals surface area contributed by atoms with Crippen molar-refractivity contribution < 1.29 is 4.74 Å². The van der Waals surface area contributed by atoms with Gasteiger partial charge in [0, 0.05) is 11.1 Å². The normalized spacial score (nSPS) is 15.1. The number of nitrogens with zero attached hydrogens (tertiary/aromatic N) is 5. The topological polar surface area (TPSA) is 65.7 Å². The molecule has 2 aromatic heterocycles. The quantitative estimate of drug-likeness (QED) is 0.529. The maximum atomic E-state index is 5.81. The number of benzene rings is 1. The van der Waals surface area contributed by atoms with Crippen LogP contribution >= 0.6 is 23.1 Å². The van der Waals surface area contributed by atoms with Crippen LogP contribution in [0.2, 0.25) is 0 Å². The number of hydrogen-bond acceptors (Lipinski definition) is 7. The predicted octanol–water partition coefficient (Wildman–Crippen LogP) is 4.81. The van der Waals surface area contributed by atoms with Crippen LogP contribution in [0.3, 0.4) is 0 Å².